The zero-order chi connectivity index (χ0) is 20.6. The van der Waals surface area contributed by atoms with Gasteiger partial charge >= 0.3 is 0 Å². The lowest BCUT2D eigenvalue weighted by molar-refractivity contribution is -0.121. The molecule has 150 valence electrons. The maximum Gasteiger partial charge on any atom is 0.266 e. The number of benzene rings is 2. The van der Waals surface area contributed by atoms with Crippen LogP contribution in [0.1, 0.15) is 18.9 Å². The van der Waals surface area contributed by atoms with E-state index in [4.69, 9.17) is 4.74 Å². The summed E-state index contributed by atoms with van der Waals surface area (Å²) in [4.78, 5) is 24.4. The number of amides is 1. The number of para-hydroxylation sites is 1. The van der Waals surface area contributed by atoms with E-state index in [0.29, 0.717) is 18.8 Å². The monoisotopic (exact) mass is 455 g/mol. The Balaban J connectivity index is 1.61. The van der Waals surface area contributed by atoms with Crippen molar-refractivity contribution in [2.24, 2.45) is 0 Å². The third kappa shape index (κ3) is 5.77. The molecule has 3 aromatic rings. The van der Waals surface area contributed by atoms with E-state index < -0.39 is 0 Å². The number of carbonyl (C=O) groups excluding carboxylic acids is 1. The zero-order valence-corrected chi connectivity index (χ0v) is 17.7. The smallest absolute Gasteiger partial charge is 0.266 e. The molecule has 7 heteroatoms. The highest BCUT2D eigenvalue weighted by atomic mass is 79.9. The van der Waals surface area contributed by atoms with Gasteiger partial charge in [0, 0.05) is 34.6 Å². The van der Waals surface area contributed by atoms with Crippen LogP contribution in [0, 0.1) is 0 Å². The Hall–Kier alpha value is -2.93. The molecule has 0 saturated heterocycles. The van der Waals surface area contributed by atoms with Gasteiger partial charge in [0.15, 0.2) is 0 Å². The van der Waals surface area contributed by atoms with Crippen LogP contribution in [0.2, 0.25) is 0 Å². The summed E-state index contributed by atoms with van der Waals surface area (Å²) < 4.78 is 7.86. The average molecular weight is 456 g/mol. The lowest BCUT2D eigenvalue weighted by Gasteiger charge is -2.11. The number of hydrogen-bond donors (Lipinski definition) is 1. The Morgan fingerprint density at radius 2 is 1.86 bits per heavy atom. The first-order valence-electron chi connectivity index (χ1n) is 9.38. The Morgan fingerprint density at radius 3 is 2.62 bits per heavy atom. The number of hydrogen-bond acceptors (Lipinski definition) is 4. The van der Waals surface area contributed by atoms with Crippen molar-refractivity contribution >= 4 is 21.8 Å². The van der Waals surface area contributed by atoms with Crippen molar-refractivity contribution in [1.82, 2.24) is 15.1 Å². The predicted octanol–water partition coefficient (Wildman–Crippen LogP) is 3.78. The highest BCUT2D eigenvalue weighted by Crippen LogP contribution is 2.19. The van der Waals surface area contributed by atoms with Crippen LogP contribution in [0.3, 0.4) is 0 Å². The molecule has 0 unspecified atom stereocenters. The number of nitrogens with zero attached hydrogens (tertiary/aromatic N) is 2. The van der Waals surface area contributed by atoms with Gasteiger partial charge in [0.25, 0.3) is 5.56 Å². The number of halogens is 1. The van der Waals surface area contributed by atoms with Crippen molar-refractivity contribution in [3.63, 3.8) is 0 Å². The molecule has 1 aromatic heterocycles. The average Bonchev–Trinajstić information content (AvgIpc) is 2.73. The summed E-state index contributed by atoms with van der Waals surface area (Å²) in [5, 5.41) is 7.26. The highest BCUT2D eigenvalue weighted by Gasteiger charge is 2.08. The molecule has 0 bridgehead atoms. The van der Waals surface area contributed by atoms with Crippen LogP contribution in [-0.2, 0) is 17.9 Å². The van der Waals surface area contributed by atoms with Gasteiger partial charge < -0.3 is 10.1 Å². The maximum absolute atomic E-state index is 12.3. The van der Waals surface area contributed by atoms with Crippen molar-refractivity contribution in [3.8, 4) is 17.0 Å². The topological polar surface area (TPSA) is 73.2 Å². The molecule has 1 heterocycles. The first-order chi connectivity index (χ1) is 14.1. The molecule has 29 heavy (non-hydrogen) atoms. The molecule has 0 spiro atoms. The molecule has 2 aromatic carbocycles. The highest BCUT2D eigenvalue weighted by molar-refractivity contribution is 9.10. The molecule has 0 radical (unpaired) electrons. The van der Waals surface area contributed by atoms with E-state index >= 15 is 0 Å². The van der Waals surface area contributed by atoms with Gasteiger partial charge in [0.1, 0.15) is 5.75 Å². The van der Waals surface area contributed by atoms with Gasteiger partial charge in [-0.1, -0.05) is 46.3 Å². The second kappa shape index (κ2) is 10.0. The molecule has 0 atom stereocenters. The molecule has 0 aliphatic carbocycles. The second-order valence-electron chi connectivity index (χ2n) is 6.35. The molecular weight excluding hydrogens is 434 g/mol. The van der Waals surface area contributed by atoms with Crippen LogP contribution < -0.4 is 15.6 Å². The van der Waals surface area contributed by atoms with Crippen LogP contribution >= 0.6 is 15.9 Å². The third-order valence-corrected chi connectivity index (χ3v) is 4.83. The molecule has 3 rings (SSSR count). The van der Waals surface area contributed by atoms with Gasteiger partial charge in [0.05, 0.1) is 18.8 Å². The molecule has 0 aliphatic heterocycles. The Morgan fingerprint density at radius 1 is 1.10 bits per heavy atom. The van der Waals surface area contributed by atoms with Crippen LogP contribution in [0.4, 0.5) is 0 Å². The third-order valence-electron chi connectivity index (χ3n) is 4.31. The number of nitrogens with one attached hydrogen (secondary N) is 1. The van der Waals surface area contributed by atoms with Crippen LogP contribution in [0.5, 0.6) is 5.75 Å². The van der Waals surface area contributed by atoms with E-state index in [0.717, 1.165) is 21.3 Å². The van der Waals surface area contributed by atoms with Gasteiger partial charge in [-0.15, -0.1) is 0 Å². The summed E-state index contributed by atoms with van der Waals surface area (Å²) >= 11 is 3.40. The molecule has 1 N–H and O–H groups in total. The maximum atomic E-state index is 12.3. The number of aromatic nitrogens is 2. The second-order valence-corrected chi connectivity index (χ2v) is 7.27. The predicted molar refractivity (Wildman–Crippen MR) is 116 cm³/mol. The number of aryl methyl sites for hydroxylation is 1. The quantitative estimate of drug-likeness (QED) is 0.560. The van der Waals surface area contributed by atoms with Gasteiger partial charge in [-0.2, -0.15) is 5.10 Å². The summed E-state index contributed by atoms with van der Waals surface area (Å²) in [6.07, 6.45) is 0.160. The van der Waals surface area contributed by atoms with Gasteiger partial charge in [0.2, 0.25) is 5.91 Å². The van der Waals surface area contributed by atoms with Crippen molar-refractivity contribution in [2.45, 2.75) is 26.4 Å². The zero-order valence-electron chi connectivity index (χ0n) is 16.1. The SMILES string of the molecule is CCOc1ccccc1CNC(=O)CCn1nc(-c2ccc(Br)cc2)ccc1=O. The van der Waals surface area contributed by atoms with Crippen molar-refractivity contribution in [1.29, 1.82) is 0 Å². The largest absolute Gasteiger partial charge is 0.494 e. The van der Waals surface area contributed by atoms with Gasteiger partial charge in [-0.3, -0.25) is 9.59 Å². The molecular formula is C22H22BrN3O3. The fraction of sp³-hybridized carbons (Fsp3) is 0.227. The fourth-order valence-electron chi connectivity index (χ4n) is 2.82. The minimum absolute atomic E-state index is 0.154. The Bertz CT molecular complexity index is 1030. The van der Waals surface area contributed by atoms with Crippen LogP contribution in [0.15, 0.2) is 69.9 Å². The fourth-order valence-corrected chi connectivity index (χ4v) is 3.08. The number of rotatable bonds is 8. The minimum Gasteiger partial charge on any atom is -0.494 e. The Labute approximate surface area is 177 Å². The van der Waals surface area contributed by atoms with Crippen molar-refractivity contribution in [3.05, 3.63) is 81.1 Å². The lowest BCUT2D eigenvalue weighted by Crippen LogP contribution is -2.28. The molecule has 6 nitrogen and oxygen atoms in total. The van der Waals surface area contributed by atoms with E-state index in [2.05, 4.69) is 26.3 Å². The van der Waals surface area contributed by atoms with Crippen molar-refractivity contribution < 1.29 is 9.53 Å². The minimum atomic E-state index is -0.236. The first-order valence-corrected chi connectivity index (χ1v) is 10.2. The number of carbonyl (C=O) groups is 1. The number of ether oxygens (including phenoxy) is 1. The van der Waals surface area contributed by atoms with E-state index in [9.17, 15) is 9.59 Å². The molecule has 1 amide bonds. The van der Waals surface area contributed by atoms with E-state index in [1.54, 1.807) is 6.07 Å². The normalized spacial score (nSPS) is 10.6. The van der Waals surface area contributed by atoms with Crippen LogP contribution in [0.25, 0.3) is 11.3 Å². The summed E-state index contributed by atoms with van der Waals surface area (Å²) in [6, 6.07) is 18.4. The molecule has 0 aliphatic rings. The summed E-state index contributed by atoms with van der Waals surface area (Å²) in [5.41, 5.74) is 2.26. The van der Waals surface area contributed by atoms with E-state index in [1.807, 2.05) is 55.5 Å². The first kappa shape index (κ1) is 20.8. The standard InChI is InChI=1S/C22H22BrN3O3/c1-2-29-20-6-4-3-5-17(20)15-24-21(27)13-14-26-22(28)12-11-19(25-26)16-7-9-18(23)10-8-16/h3-12H,2,13-15H2,1H3,(H,24,27). The Kier molecular flexibility index (Phi) is 7.19. The van der Waals surface area contributed by atoms with Crippen molar-refractivity contribution in [2.75, 3.05) is 6.61 Å². The van der Waals surface area contributed by atoms with Crippen LogP contribution in [-0.4, -0.2) is 22.3 Å². The van der Waals surface area contributed by atoms with Gasteiger partial charge in [-0.05, 0) is 31.2 Å². The van der Waals surface area contributed by atoms with E-state index in [-0.39, 0.29) is 24.4 Å². The summed E-state index contributed by atoms with van der Waals surface area (Å²) in [5.74, 6) is 0.606. The lowest BCUT2D eigenvalue weighted by atomic mass is 10.1. The molecule has 0 fully saturated rings. The van der Waals surface area contributed by atoms with Gasteiger partial charge in [-0.25, -0.2) is 4.68 Å². The van der Waals surface area contributed by atoms with E-state index in [1.165, 1.54) is 10.7 Å². The summed E-state index contributed by atoms with van der Waals surface area (Å²) in [6.45, 7) is 3.06. The molecule has 0 saturated carbocycles. The summed E-state index contributed by atoms with van der Waals surface area (Å²) in [7, 11) is 0.